The smallest absolute Gasteiger partial charge is 0.226 e. The number of aryl methyl sites for hydroxylation is 1. The van der Waals surface area contributed by atoms with Crippen LogP contribution in [0.5, 0.6) is 0 Å². The fourth-order valence-electron chi connectivity index (χ4n) is 2.36. The number of aromatic nitrogens is 3. The second kappa shape index (κ2) is 5.51. The zero-order valence-corrected chi connectivity index (χ0v) is 11.7. The minimum Gasteiger partial charge on any atom is -0.362 e. The van der Waals surface area contributed by atoms with Crippen LogP contribution in [0.1, 0.15) is 25.0 Å². The Balaban J connectivity index is 1.89. The van der Waals surface area contributed by atoms with E-state index < -0.39 is 0 Å². The second-order valence-corrected chi connectivity index (χ2v) is 4.93. The summed E-state index contributed by atoms with van der Waals surface area (Å²) in [6, 6.07) is 4.40. The van der Waals surface area contributed by atoms with Gasteiger partial charge in [-0.25, -0.2) is 9.37 Å². The Morgan fingerprint density at radius 3 is 3.05 bits per heavy atom. The average molecular weight is 289 g/mol. The number of rotatable bonds is 3. The largest absolute Gasteiger partial charge is 0.362 e. The lowest BCUT2D eigenvalue weighted by Crippen LogP contribution is -2.24. The molecule has 1 amide bonds. The molecule has 0 fully saturated rings. The number of H-pyrrole nitrogens is 1. The van der Waals surface area contributed by atoms with Crippen molar-refractivity contribution < 1.29 is 9.18 Å². The molecular weight excluding hydrogens is 273 g/mol. The fraction of sp³-hybridized carbons (Fsp3) is 0.357. The van der Waals surface area contributed by atoms with E-state index in [1.807, 2.05) is 11.8 Å². The van der Waals surface area contributed by atoms with Crippen LogP contribution in [-0.2, 0) is 17.8 Å². The summed E-state index contributed by atoms with van der Waals surface area (Å²) in [7, 11) is 0. The highest BCUT2D eigenvalue weighted by molar-refractivity contribution is 5.96. The number of fused-ring (bicyclic) bond motifs is 1. The predicted molar refractivity (Wildman–Crippen MR) is 76.5 cm³/mol. The molecular formula is C14H16FN5O. The molecule has 0 radical (unpaired) electrons. The third-order valence-electron chi connectivity index (χ3n) is 3.42. The van der Waals surface area contributed by atoms with Gasteiger partial charge in [0, 0.05) is 19.4 Å². The van der Waals surface area contributed by atoms with Crippen molar-refractivity contribution in [1.29, 1.82) is 0 Å². The van der Waals surface area contributed by atoms with Crippen LogP contribution < -0.4 is 10.2 Å². The number of carbonyl (C=O) groups excluding carboxylic acids is 1. The van der Waals surface area contributed by atoms with E-state index in [-0.39, 0.29) is 11.7 Å². The molecule has 0 bridgehead atoms. The number of nitrogens with zero attached hydrogens (tertiary/aromatic N) is 3. The number of benzene rings is 1. The average Bonchev–Trinajstić information content (AvgIpc) is 2.85. The molecule has 1 aromatic carbocycles. The molecule has 21 heavy (non-hydrogen) atoms. The first-order valence-electron chi connectivity index (χ1n) is 6.90. The minimum atomic E-state index is -0.371. The monoisotopic (exact) mass is 289 g/mol. The first-order valence-corrected chi connectivity index (χ1v) is 6.90. The van der Waals surface area contributed by atoms with E-state index in [1.165, 1.54) is 12.1 Å². The van der Waals surface area contributed by atoms with Gasteiger partial charge in [-0.05, 0) is 18.2 Å². The number of hydrogen-bond donors (Lipinski definition) is 2. The van der Waals surface area contributed by atoms with E-state index in [4.69, 9.17) is 0 Å². The standard InChI is InChI=1S/C14H16FN5O/c1-2-12-17-13(19-18-12)8-20-6-5-14(21)16-10-7-9(15)3-4-11(10)20/h3-4,7H,2,5-6,8H2,1H3,(H,16,21)(H,17,18,19). The lowest BCUT2D eigenvalue weighted by molar-refractivity contribution is -0.115. The van der Waals surface area contributed by atoms with Crippen molar-refractivity contribution in [3.63, 3.8) is 0 Å². The molecule has 2 N–H and O–H groups in total. The molecule has 6 nitrogen and oxygen atoms in total. The molecule has 7 heteroatoms. The van der Waals surface area contributed by atoms with Crippen LogP contribution in [0.4, 0.5) is 15.8 Å². The third-order valence-corrected chi connectivity index (χ3v) is 3.42. The topological polar surface area (TPSA) is 73.9 Å². The summed E-state index contributed by atoms with van der Waals surface area (Å²) in [5, 5.41) is 9.73. The number of amides is 1. The maximum Gasteiger partial charge on any atom is 0.226 e. The quantitative estimate of drug-likeness (QED) is 0.904. The van der Waals surface area contributed by atoms with Gasteiger partial charge >= 0.3 is 0 Å². The van der Waals surface area contributed by atoms with Gasteiger partial charge in [-0.2, -0.15) is 5.10 Å². The highest BCUT2D eigenvalue weighted by Crippen LogP contribution is 2.30. The Bertz CT molecular complexity index is 669. The molecule has 0 atom stereocenters. The van der Waals surface area contributed by atoms with Crippen molar-refractivity contribution in [3.05, 3.63) is 35.7 Å². The molecule has 2 aromatic rings. The number of carbonyl (C=O) groups is 1. The highest BCUT2D eigenvalue weighted by Gasteiger charge is 2.20. The summed E-state index contributed by atoms with van der Waals surface area (Å²) in [5.74, 6) is 1.00. The molecule has 0 aliphatic carbocycles. The predicted octanol–water partition coefficient (Wildman–Crippen LogP) is 1.85. The van der Waals surface area contributed by atoms with Gasteiger partial charge in [0.1, 0.15) is 11.6 Å². The van der Waals surface area contributed by atoms with Gasteiger partial charge in [0.15, 0.2) is 5.82 Å². The molecule has 3 rings (SSSR count). The van der Waals surface area contributed by atoms with E-state index in [1.54, 1.807) is 6.07 Å². The van der Waals surface area contributed by atoms with Gasteiger partial charge in [-0.1, -0.05) is 6.92 Å². The Morgan fingerprint density at radius 2 is 2.29 bits per heavy atom. The molecule has 1 aliphatic heterocycles. The summed E-state index contributed by atoms with van der Waals surface area (Å²) in [4.78, 5) is 18.1. The maximum atomic E-state index is 13.4. The van der Waals surface area contributed by atoms with Gasteiger partial charge in [-0.15, -0.1) is 0 Å². The molecule has 110 valence electrons. The zero-order valence-electron chi connectivity index (χ0n) is 11.7. The third kappa shape index (κ3) is 2.86. The van der Waals surface area contributed by atoms with Crippen LogP contribution in [0.25, 0.3) is 0 Å². The Morgan fingerprint density at radius 1 is 1.43 bits per heavy atom. The SMILES string of the molecule is CCc1n[nH]c(CN2CCC(=O)Nc3cc(F)ccc32)n1. The van der Waals surface area contributed by atoms with Crippen molar-refractivity contribution in [2.45, 2.75) is 26.3 Å². The van der Waals surface area contributed by atoms with E-state index in [9.17, 15) is 9.18 Å². The van der Waals surface area contributed by atoms with Crippen LogP contribution in [0, 0.1) is 5.82 Å². The van der Waals surface area contributed by atoms with Gasteiger partial charge in [0.05, 0.1) is 17.9 Å². The normalized spacial score (nSPS) is 14.6. The Labute approximate surface area is 121 Å². The van der Waals surface area contributed by atoms with E-state index >= 15 is 0 Å². The maximum absolute atomic E-state index is 13.4. The molecule has 2 heterocycles. The molecule has 0 saturated carbocycles. The van der Waals surface area contributed by atoms with Crippen molar-refractivity contribution in [2.24, 2.45) is 0 Å². The molecule has 1 aromatic heterocycles. The Kier molecular flexibility index (Phi) is 3.55. The highest BCUT2D eigenvalue weighted by atomic mass is 19.1. The molecule has 0 unspecified atom stereocenters. The summed E-state index contributed by atoms with van der Waals surface area (Å²) >= 11 is 0. The summed E-state index contributed by atoms with van der Waals surface area (Å²) in [6.45, 7) is 3.03. The van der Waals surface area contributed by atoms with Crippen molar-refractivity contribution in [3.8, 4) is 0 Å². The zero-order chi connectivity index (χ0) is 14.8. The van der Waals surface area contributed by atoms with Gasteiger partial charge in [-0.3, -0.25) is 9.89 Å². The van der Waals surface area contributed by atoms with Gasteiger partial charge in [0.25, 0.3) is 0 Å². The van der Waals surface area contributed by atoms with Crippen molar-refractivity contribution >= 4 is 17.3 Å². The van der Waals surface area contributed by atoms with E-state index in [0.717, 1.165) is 23.8 Å². The molecule has 1 aliphatic rings. The van der Waals surface area contributed by atoms with E-state index in [2.05, 4.69) is 20.5 Å². The van der Waals surface area contributed by atoms with Crippen LogP contribution >= 0.6 is 0 Å². The molecule has 0 spiro atoms. The van der Waals surface area contributed by atoms with Crippen molar-refractivity contribution in [2.75, 3.05) is 16.8 Å². The van der Waals surface area contributed by atoms with Gasteiger partial charge in [0.2, 0.25) is 5.91 Å². The summed E-state index contributed by atoms with van der Waals surface area (Å²) < 4.78 is 13.4. The lowest BCUT2D eigenvalue weighted by atomic mass is 10.2. The van der Waals surface area contributed by atoms with Gasteiger partial charge < -0.3 is 10.2 Å². The van der Waals surface area contributed by atoms with E-state index in [0.29, 0.717) is 25.2 Å². The number of nitrogens with one attached hydrogen (secondary N) is 2. The first-order chi connectivity index (χ1) is 10.2. The summed E-state index contributed by atoms with van der Waals surface area (Å²) in [6.07, 6.45) is 1.11. The number of aromatic amines is 1. The number of halogens is 1. The van der Waals surface area contributed by atoms with Crippen molar-refractivity contribution in [1.82, 2.24) is 15.2 Å². The van der Waals surface area contributed by atoms with Crippen LogP contribution in [0.2, 0.25) is 0 Å². The van der Waals surface area contributed by atoms with Crippen LogP contribution in [0.15, 0.2) is 18.2 Å². The van der Waals surface area contributed by atoms with Crippen LogP contribution in [-0.4, -0.2) is 27.6 Å². The summed E-state index contributed by atoms with van der Waals surface area (Å²) in [5.41, 5.74) is 1.28. The number of anilines is 2. The second-order valence-electron chi connectivity index (χ2n) is 4.93. The minimum absolute atomic E-state index is 0.115. The fourth-order valence-corrected chi connectivity index (χ4v) is 2.36. The molecule has 0 saturated heterocycles. The lowest BCUT2D eigenvalue weighted by Gasteiger charge is -2.22. The number of hydrogen-bond acceptors (Lipinski definition) is 4. The van der Waals surface area contributed by atoms with Crippen LogP contribution in [0.3, 0.4) is 0 Å². The Hall–Kier alpha value is -2.44. The first kappa shape index (κ1) is 13.5.